The lowest BCUT2D eigenvalue weighted by Crippen LogP contribution is -2.26. The van der Waals surface area contributed by atoms with E-state index in [2.05, 4.69) is 15.9 Å². The molecule has 0 saturated heterocycles. The van der Waals surface area contributed by atoms with Crippen molar-refractivity contribution in [3.8, 4) is 11.5 Å². The Balaban J connectivity index is 2.50. The largest absolute Gasteiger partial charge is 0.497 e. The van der Waals surface area contributed by atoms with Gasteiger partial charge in [-0.1, -0.05) is 0 Å². The van der Waals surface area contributed by atoms with Crippen molar-refractivity contribution >= 4 is 21.9 Å². The summed E-state index contributed by atoms with van der Waals surface area (Å²) in [6.07, 6.45) is -0.538. The highest BCUT2D eigenvalue weighted by Crippen LogP contribution is 2.29. The van der Waals surface area contributed by atoms with Crippen LogP contribution in [0.2, 0.25) is 0 Å². The van der Waals surface area contributed by atoms with E-state index in [4.69, 9.17) is 19.3 Å². The first-order chi connectivity index (χ1) is 9.08. The number of aliphatic carboxylic acids is 1. The van der Waals surface area contributed by atoms with Gasteiger partial charge in [0.15, 0.2) is 6.10 Å². The highest BCUT2D eigenvalue weighted by Gasteiger charge is 2.17. The third kappa shape index (κ3) is 5.08. The van der Waals surface area contributed by atoms with Crippen LogP contribution in [0.1, 0.15) is 13.3 Å². The van der Waals surface area contributed by atoms with Gasteiger partial charge in [0.2, 0.25) is 0 Å². The molecule has 0 radical (unpaired) electrons. The van der Waals surface area contributed by atoms with E-state index in [-0.39, 0.29) is 6.61 Å². The summed E-state index contributed by atoms with van der Waals surface area (Å²) in [5.41, 5.74) is 0. The lowest BCUT2D eigenvalue weighted by molar-refractivity contribution is -0.150. The van der Waals surface area contributed by atoms with Crippen molar-refractivity contribution in [2.75, 3.05) is 20.3 Å². The fourth-order valence-corrected chi connectivity index (χ4v) is 1.95. The first kappa shape index (κ1) is 15.8. The fraction of sp³-hybridized carbons (Fsp3) is 0.462. The number of halogens is 1. The first-order valence-electron chi connectivity index (χ1n) is 5.89. The van der Waals surface area contributed by atoms with Crippen LogP contribution in [0.15, 0.2) is 22.7 Å². The number of methoxy groups -OCH3 is 1. The number of carboxylic acid groups (broad SMARTS) is 1. The van der Waals surface area contributed by atoms with Gasteiger partial charge in [0.1, 0.15) is 11.5 Å². The highest BCUT2D eigenvalue weighted by atomic mass is 79.9. The molecule has 1 unspecified atom stereocenters. The SMILES string of the molecule is CCOC(CCOc1ccc(OC)cc1Br)C(=O)O. The minimum atomic E-state index is -0.973. The van der Waals surface area contributed by atoms with Crippen molar-refractivity contribution in [3.63, 3.8) is 0 Å². The van der Waals surface area contributed by atoms with Crippen LogP contribution in [0.25, 0.3) is 0 Å². The Labute approximate surface area is 120 Å². The number of hydrogen-bond donors (Lipinski definition) is 1. The molecule has 1 aromatic carbocycles. The van der Waals surface area contributed by atoms with E-state index in [1.54, 1.807) is 32.2 Å². The molecule has 0 spiro atoms. The molecule has 106 valence electrons. The molecular formula is C13H17BrO5. The summed E-state index contributed by atoms with van der Waals surface area (Å²) in [4.78, 5) is 10.9. The maximum absolute atomic E-state index is 10.9. The fourth-order valence-electron chi connectivity index (χ4n) is 1.48. The van der Waals surface area contributed by atoms with E-state index in [1.807, 2.05) is 0 Å². The van der Waals surface area contributed by atoms with Gasteiger partial charge in [-0.15, -0.1) is 0 Å². The molecule has 0 aromatic heterocycles. The number of carboxylic acids is 1. The maximum atomic E-state index is 10.9. The van der Waals surface area contributed by atoms with Crippen molar-refractivity contribution in [2.45, 2.75) is 19.4 Å². The van der Waals surface area contributed by atoms with Crippen LogP contribution in [0, 0.1) is 0 Å². The van der Waals surface area contributed by atoms with Crippen molar-refractivity contribution in [1.82, 2.24) is 0 Å². The Morgan fingerprint density at radius 3 is 2.74 bits per heavy atom. The second-order valence-corrected chi connectivity index (χ2v) is 4.57. The predicted molar refractivity (Wildman–Crippen MR) is 73.9 cm³/mol. The quantitative estimate of drug-likeness (QED) is 0.792. The zero-order chi connectivity index (χ0) is 14.3. The zero-order valence-corrected chi connectivity index (χ0v) is 12.5. The summed E-state index contributed by atoms with van der Waals surface area (Å²) in [5.74, 6) is 0.387. The third-order valence-electron chi connectivity index (χ3n) is 2.42. The van der Waals surface area contributed by atoms with E-state index in [0.29, 0.717) is 18.8 Å². The predicted octanol–water partition coefficient (Wildman–Crippen LogP) is 2.72. The maximum Gasteiger partial charge on any atom is 0.332 e. The molecule has 0 fully saturated rings. The van der Waals surface area contributed by atoms with Crippen LogP contribution in [0.5, 0.6) is 11.5 Å². The molecular weight excluding hydrogens is 316 g/mol. The van der Waals surface area contributed by atoms with Gasteiger partial charge in [-0.05, 0) is 41.1 Å². The zero-order valence-electron chi connectivity index (χ0n) is 10.9. The van der Waals surface area contributed by atoms with Gasteiger partial charge >= 0.3 is 5.97 Å². The third-order valence-corrected chi connectivity index (χ3v) is 3.04. The lowest BCUT2D eigenvalue weighted by Gasteiger charge is -2.14. The van der Waals surface area contributed by atoms with Gasteiger partial charge in [0.05, 0.1) is 18.2 Å². The average molecular weight is 333 g/mol. The Morgan fingerprint density at radius 2 is 2.21 bits per heavy atom. The summed E-state index contributed by atoms with van der Waals surface area (Å²) < 4.78 is 16.4. The van der Waals surface area contributed by atoms with E-state index in [0.717, 1.165) is 10.2 Å². The van der Waals surface area contributed by atoms with E-state index in [9.17, 15) is 4.79 Å². The van der Waals surface area contributed by atoms with Crippen LogP contribution in [-0.4, -0.2) is 37.5 Å². The van der Waals surface area contributed by atoms with Crippen molar-refractivity contribution in [2.24, 2.45) is 0 Å². The van der Waals surface area contributed by atoms with Gasteiger partial charge in [-0.3, -0.25) is 0 Å². The summed E-state index contributed by atoms with van der Waals surface area (Å²) in [6.45, 7) is 2.39. The van der Waals surface area contributed by atoms with Gasteiger partial charge in [-0.25, -0.2) is 4.79 Å². The van der Waals surface area contributed by atoms with E-state index < -0.39 is 12.1 Å². The number of rotatable bonds is 8. The van der Waals surface area contributed by atoms with E-state index >= 15 is 0 Å². The molecule has 0 amide bonds. The standard InChI is InChI=1S/C13H17BrO5/c1-3-18-12(13(15)16)6-7-19-11-5-4-9(17-2)8-10(11)14/h4-5,8,12H,3,6-7H2,1-2H3,(H,15,16). The van der Waals surface area contributed by atoms with Crippen LogP contribution in [0.4, 0.5) is 0 Å². The Hall–Kier alpha value is -1.27. The van der Waals surface area contributed by atoms with Crippen molar-refractivity contribution < 1.29 is 24.1 Å². The minimum Gasteiger partial charge on any atom is -0.497 e. The molecule has 6 heteroatoms. The highest BCUT2D eigenvalue weighted by molar-refractivity contribution is 9.10. The smallest absolute Gasteiger partial charge is 0.332 e. The van der Waals surface area contributed by atoms with Crippen LogP contribution < -0.4 is 9.47 Å². The molecule has 0 heterocycles. The van der Waals surface area contributed by atoms with E-state index in [1.165, 1.54) is 0 Å². The van der Waals surface area contributed by atoms with Gasteiger partial charge in [0.25, 0.3) is 0 Å². The minimum absolute atomic E-state index is 0.266. The molecule has 0 aliphatic heterocycles. The van der Waals surface area contributed by atoms with Crippen LogP contribution in [-0.2, 0) is 9.53 Å². The number of ether oxygens (including phenoxy) is 3. The topological polar surface area (TPSA) is 65.0 Å². The second kappa shape index (κ2) is 8.01. The molecule has 1 N–H and O–H groups in total. The molecule has 0 bridgehead atoms. The molecule has 0 saturated carbocycles. The molecule has 0 aliphatic carbocycles. The second-order valence-electron chi connectivity index (χ2n) is 3.72. The number of hydrogen-bond acceptors (Lipinski definition) is 4. The number of carbonyl (C=O) groups is 1. The molecule has 1 rings (SSSR count). The number of benzene rings is 1. The van der Waals surface area contributed by atoms with Crippen molar-refractivity contribution in [1.29, 1.82) is 0 Å². The Kier molecular flexibility index (Phi) is 6.66. The van der Waals surface area contributed by atoms with Gasteiger partial charge < -0.3 is 19.3 Å². The van der Waals surface area contributed by atoms with Crippen LogP contribution >= 0.6 is 15.9 Å². The first-order valence-corrected chi connectivity index (χ1v) is 6.68. The van der Waals surface area contributed by atoms with Gasteiger partial charge in [-0.2, -0.15) is 0 Å². The Morgan fingerprint density at radius 1 is 1.47 bits per heavy atom. The molecule has 1 aromatic rings. The van der Waals surface area contributed by atoms with Crippen molar-refractivity contribution in [3.05, 3.63) is 22.7 Å². The summed E-state index contributed by atoms with van der Waals surface area (Å²) in [7, 11) is 1.59. The molecule has 1 atom stereocenters. The Bertz CT molecular complexity index is 421. The lowest BCUT2D eigenvalue weighted by atomic mass is 10.2. The molecule has 0 aliphatic rings. The normalized spacial score (nSPS) is 11.9. The summed E-state index contributed by atoms with van der Waals surface area (Å²) in [6, 6.07) is 5.32. The monoisotopic (exact) mass is 332 g/mol. The summed E-state index contributed by atoms with van der Waals surface area (Å²) in [5, 5.41) is 8.92. The average Bonchev–Trinajstić information content (AvgIpc) is 2.39. The summed E-state index contributed by atoms with van der Waals surface area (Å²) >= 11 is 3.36. The van der Waals surface area contributed by atoms with Crippen LogP contribution in [0.3, 0.4) is 0 Å². The molecule has 19 heavy (non-hydrogen) atoms. The molecule has 5 nitrogen and oxygen atoms in total. The van der Waals surface area contributed by atoms with Gasteiger partial charge in [0, 0.05) is 13.0 Å².